The van der Waals surface area contributed by atoms with Gasteiger partial charge >= 0.3 is 12.2 Å². The lowest BCUT2D eigenvalue weighted by molar-refractivity contribution is 0.0812. The number of carbonyl (C=O) groups is 2. The first-order valence-electron chi connectivity index (χ1n) is 7.71. The first-order chi connectivity index (χ1) is 11.2. The average Bonchev–Trinajstić information content (AvgIpc) is 2.93. The van der Waals surface area contributed by atoms with Crippen LogP contribution in [0.15, 0.2) is 30.3 Å². The number of alkyl carbamates (subject to hydrolysis) is 2. The van der Waals surface area contributed by atoms with Crippen molar-refractivity contribution in [3.8, 4) is 0 Å². The number of hydrogen-bond acceptors (Lipinski definition) is 5. The molecular formula is C16H22N2O5. The standard InChI is InChI=1S/C16H22N2O5/c19-10-14-13(18-16(21)23-14)8-4-5-9-17-15(20)22-11-12-6-2-1-3-7-12/h1-3,6-7,13-14,19H,4-5,8-11H2,(H,17,20)(H,18,21)/t13-,14-/m0/s1. The van der Waals surface area contributed by atoms with Crippen LogP contribution in [-0.4, -0.2) is 42.6 Å². The van der Waals surface area contributed by atoms with E-state index in [4.69, 9.17) is 14.6 Å². The number of cyclic esters (lactones) is 1. The molecule has 1 saturated heterocycles. The lowest BCUT2D eigenvalue weighted by Crippen LogP contribution is -2.33. The SMILES string of the molecule is O=C(NCCCC[C@@H]1NC(=O)O[C@H]1CO)OCc1ccccc1. The van der Waals surface area contributed by atoms with E-state index in [0.717, 1.165) is 18.4 Å². The van der Waals surface area contributed by atoms with Gasteiger partial charge in [0.15, 0.2) is 0 Å². The van der Waals surface area contributed by atoms with Crippen molar-refractivity contribution in [1.82, 2.24) is 10.6 Å². The van der Waals surface area contributed by atoms with Crippen LogP contribution in [0.2, 0.25) is 0 Å². The summed E-state index contributed by atoms with van der Waals surface area (Å²) in [4.78, 5) is 22.6. The number of carbonyl (C=O) groups excluding carboxylic acids is 2. The van der Waals surface area contributed by atoms with Gasteiger partial charge in [-0.15, -0.1) is 0 Å². The molecule has 0 bridgehead atoms. The summed E-state index contributed by atoms with van der Waals surface area (Å²) in [6, 6.07) is 9.30. The number of aliphatic hydroxyl groups is 1. The molecule has 2 atom stereocenters. The molecular weight excluding hydrogens is 300 g/mol. The Bertz CT molecular complexity index is 508. The first-order valence-corrected chi connectivity index (χ1v) is 7.71. The molecule has 1 aliphatic heterocycles. The number of hydrogen-bond donors (Lipinski definition) is 3. The Hall–Kier alpha value is -2.28. The molecule has 3 N–H and O–H groups in total. The van der Waals surface area contributed by atoms with Crippen molar-refractivity contribution in [3.05, 3.63) is 35.9 Å². The Morgan fingerprint density at radius 1 is 1.30 bits per heavy atom. The van der Waals surface area contributed by atoms with E-state index in [1.807, 2.05) is 30.3 Å². The predicted molar refractivity (Wildman–Crippen MR) is 82.8 cm³/mol. The van der Waals surface area contributed by atoms with E-state index in [0.29, 0.717) is 13.0 Å². The fourth-order valence-electron chi connectivity index (χ4n) is 2.37. The highest BCUT2D eigenvalue weighted by Crippen LogP contribution is 2.14. The van der Waals surface area contributed by atoms with Gasteiger partial charge in [0, 0.05) is 6.54 Å². The second kappa shape index (κ2) is 8.99. The third-order valence-electron chi connectivity index (χ3n) is 3.61. The zero-order chi connectivity index (χ0) is 16.5. The molecule has 126 valence electrons. The van der Waals surface area contributed by atoms with Crippen molar-refractivity contribution in [2.45, 2.75) is 38.0 Å². The molecule has 1 aromatic carbocycles. The largest absolute Gasteiger partial charge is 0.445 e. The van der Waals surface area contributed by atoms with Crippen LogP contribution < -0.4 is 10.6 Å². The molecule has 1 heterocycles. The lowest BCUT2D eigenvalue weighted by Gasteiger charge is -2.14. The molecule has 0 saturated carbocycles. The van der Waals surface area contributed by atoms with Crippen LogP contribution in [-0.2, 0) is 16.1 Å². The first kappa shape index (κ1) is 17.1. The molecule has 0 unspecified atom stereocenters. The zero-order valence-corrected chi connectivity index (χ0v) is 12.9. The van der Waals surface area contributed by atoms with Crippen LogP contribution in [0.1, 0.15) is 24.8 Å². The minimum Gasteiger partial charge on any atom is -0.445 e. The van der Waals surface area contributed by atoms with E-state index >= 15 is 0 Å². The van der Waals surface area contributed by atoms with Gasteiger partial charge in [-0.2, -0.15) is 0 Å². The van der Waals surface area contributed by atoms with Gasteiger partial charge in [-0.3, -0.25) is 0 Å². The summed E-state index contributed by atoms with van der Waals surface area (Å²) in [5.74, 6) is 0. The third-order valence-corrected chi connectivity index (χ3v) is 3.61. The van der Waals surface area contributed by atoms with Crippen molar-refractivity contribution in [2.75, 3.05) is 13.2 Å². The summed E-state index contributed by atoms with van der Waals surface area (Å²) in [6.07, 6.45) is 0.828. The van der Waals surface area contributed by atoms with E-state index in [2.05, 4.69) is 10.6 Å². The summed E-state index contributed by atoms with van der Waals surface area (Å²) in [6.45, 7) is 0.558. The molecule has 7 nitrogen and oxygen atoms in total. The van der Waals surface area contributed by atoms with Crippen LogP contribution in [0.25, 0.3) is 0 Å². The fourth-order valence-corrected chi connectivity index (χ4v) is 2.37. The Balaban J connectivity index is 1.53. The fraction of sp³-hybridized carbons (Fsp3) is 0.500. The Labute approximate surface area is 135 Å². The molecule has 0 radical (unpaired) electrons. The highest BCUT2D eigenvalue weighted by atomic mass is 16.6. The number of nitrogens with one attached hydrogen (secondary N) is 2. The molecule has 0 aliphatic carbocycles. The summed E-state index contributed by atoms with van der Waals surface area (Å²) >= 11 is 0. The van der Waals surface area contributed by atoms with E-state index in [9.17, 15) is 9.59 Å². The van der Waals surface area contributed by atoms with E-state index in [-0.39, 0.29) is 19.3 Å². The van der Waals surface area contributed by atoms with E-state index < -0.39 is 18.3 Å². The lowest BCUT2D eigenvalue weighted by atomic mass is 10.1. The van der Waals surface area contributed by atoms with Gasteiger partial charge in [-0.1, -0.05) is 30.3 Å². The average molecular weight is 322 g/mol. The molecule has 0 spiro atoms. The normalized spacial score (nSPS) is 19.8. The van der Waals surface area contributed by atoms with Gasteiger partial charge in [0.05, 0.1) is 12.6 Å². The van der Waals surface area contributed by atoms with Gasteiger partial charge in [0.2, 0.25) is 0 Å². The molecule has 1 aliphatic rings. The maximum atomic E-state index is 11.5. The molecule has 1 fully saturated rings. The summed E-state index contributed by atoms with van der Waals surface area (Å²) in [7, 11) is 0. The number of amides is 2. The van der Waals surface area contributed by atoms with Gasteiger partial charge in [0.1, 0.15) is 12.7 Å². The molecule has 7 heteroatoms. The minimum absolute atomic E-state index is 0.169. The quantitative estimate of drug-likeness (QED) is 0.631. The van der Waals surface area contributed by atoms with E-state index in [1.54, 1.807) is 0 Å². The van der Waals surface area contributed by atoms with Gasteiger partial charge in [-0.25, -0.2) is 9.59 Å². The maximum Gasteiger partial charge on any atom is 0.407 e. The van der Waals surface area contributed by atoms with Gasteiger partial charge in [-0.05, 0) is 24.8 Å². The monoisotopic (exact) mass is 322 g/mol. The minimum atomic E-state index is -0.489. The van der Waals surface area contributed by atoms with Crippen LogP contribution in [0.4, 0.5) is 9.59 Å². The van der Waals surface area contributed by atoms with Crippen LogP contribution >= 0.6 is 0 Å². The van der Waals surface area contributed by atoms with Crippen molar-refractivity contribution < 1.29 is 24.2 Å². The number of unbranched alkanes of at least 4 members (excludes halogenated alkanes) is 1. The highest BCUT2D eigenvalue weighted by Gasteiger charge is 2.32. The number of aliphatic hydroxyl groups excluding tert-OH is 1. The van der Waals surface area contributed by atoms with Gasteiger partial charge in [0.25, 0.3) is 0 Å². The predicted octanol–water partition coefficient (Wildman–Crippen LogP) is 1.55. The topological polar surface area (TPSA) is 96.9 Å². The van der Waals surface area contributed by atoms with Gasteiger partial charge < -0.3 is 25.2 Å². The molecule has 0 aromatic heterocycles. The molecule has 2 rings (SSSR count). The second-order valence-electron chi connectivity index (χ2n) is 5.36. The Kier molecular flexibility index (Phi) is 6.68. The smallest absolute Gasteiger partial charge is 0.407 e. The Morgan fingerprint density at radius 2 is 2.09 bits per heavy atom. The number of ether oxygens (including phenoxy) is 2. The van der Waals surface area contributed by atoms with Crippen molar-refractivity contribution >= 4 is 12.2 Å². The summed E-state index contributed by atoms with van der Waals surface area (Å²) in [5, 5.41) is 14.4. The van der Waals surface area contributed by atoms with Crippen LogP contribution in [0, 0.1) is 0 Å². The van der Waals surface area contributed by atoms with Crippen molar-refractivity contribution in [1.29, 1.82) is 0 Å². The number of rotatable bonds is 8. The van der Waals surface area contributed by atoms with Crippen molar-refractivity contribution in [2.24, 2.45) is 0 Å². The molecule has 1 aromatic rings. The highest BCUT2D eigenvalue weighted by molar-refractivity contribution is 5.70. The molecule has 23 heavy (non-hydrogen) atoms. The van der Waals surface area contributed by atoms with Crippen LogP contribution in [0.3, 0.4) is 0 Å². The molecule has 2 amide bonds. The second-order valence-corrected chi connectivity index (χ2v) is 5.36. The maximum absolute atomic E-state index is 11.5. The number of benzene rings is 1. The van der Waals surface area contributed by atoms with E-state index in [1.165, 1.54) is 0 Å². The summed E-state index contributed by atoms with van der Waals surface area (Å²) in [5.41, 5.74) is 0.940. The third kappa shape index (κ3) is 5.78. The Morgan fingerprint density at radius 3 is 2.83 bits per heavy atom. The van der Waals surface area contributed by atoms with Crippen LogP contribution in [0.5, 0.6) is 0 Å². The summed E-state index contributed by atoms with van der Waals surface area (Å²) < 4.78 is 10.00. The van der Waals surface area contributed by atoms with Crippen molar-refractivity contribution in [3.63, 3.8) is 0 Å². The zero-order valence-electron chi connectivity index (χ0n) is 12.9.